The lowest BCUT2D eigenvalue weighted by Gasteiger charge is -2.17. The molecule has 0 aromatic heterocycles. The molecule has 1 aliphatic rings. The SMILES string of the molecule is COC(=O)C1C(C(OO)C(C)O)C1(C)C. The van der Waals surface area contributed by atoms with Gasteiger partial charge >= 0.3 is 5.97 Å². The number of carbonyl (C=O) groups excluding carboxylic acids is 1. The fraction of sp³-hybridized carbons (Fsp3) is 0.900. The number of esters is 1. The average molecular weight is 218 g/mol. The molecule has 4 atom stereocenters. The smallest absolute Gasteiger partial charge is 0.309 e. The highest BCUT2D eigenvalue weighted by molar-refractivity contribution is 5.77. The van der Waals surface area contributed by atoms with Gasteiger partial charge < -0.3 is 9.84 Å². The summed E-state index contributed by atoms with van der Waals surface area (Å²) in [6, 6.07) is 0. The van der Waals surface area contributed by atoms with Crippen molar-refractivity contribution in [3.05, 3.63) is 0 Å². The Morgan fingerprint density at radius 2 is 2.00 bits per heavy atom. The molecule has 4 unspecified atom stereocenters. The Bertz CT molecular complexity index is 248. The summed E-state index contributed by atoms with van der Waals surface area (Å²) in [5, 5.41) is 18.1. The van der Waals surface area contributed by atoms with Gasteiger partial charge in [-0.25, -0.2) is 4.89 Å². The van der Waals surface area contributed by atoms with Crippen LogP contribution in [0.4, 0.5) is 0 Å². The van der Waals surface area contributed by atoms with Crippen molar-refractivity contribution in [2.45, 2.75) is 33.0 Å². The van der Waals surface area contributed by atoms with Gasteiger partial charge in [0.1, 0.15) is 6.10 Å². The van der Waals surface area contributed by atoms with Crippen LogP contribution in [0.15, 0.2) is 0 Å². The van der Waals surface area contributed by atoms with Crippen LogP contribution in [0.2, 0.25) is 0 Å². The minimum absolute atomic E-state index is 0.213. The minimum Gasteiger partial charge on any atom is -0.469 e. The number of hydrogen-bond donors (Lipinski definition) is 2. The molecule has 88 valence electrons. The van der Waals surface area contributed by atoms with Crippen molar-refractivity contribution in [1.29, 1.82) is 0 Å². The van der Waals surface area contributed by atoms with Crippen molar-refractivity contribution >= 4 is 5.97 Å². The highest BCUT2D eigenvalue weighted by Gasteiger charge is 2.66. The zero-order valence-electron chi connectivity index (χ0n) is 9.43. The number of hydrogen-bond acceptors (Lipinski definition) is 5. The lowest BCUT2D eigenvalue weighted by Crippen LogP contribution is -2.30. The van der Waals surface area contributed by atoms with Crippen LogP contribution in [0.5, 0.6) is 0 Å². The van der Waals surface area contributed by atoms with Crippen LogP contribution >= 0.6 is 0 Å². The van der Waals surface area contributed by atoms with Gasteiger partial charge in [-0.05, 0) is 12.3 Å². The maximum atomic E-state index is 11.4. The lowest BCUT2D eigenvalue weighted by atomic mass is 10.0. The number of carbonyl (C=O) groups is 1. The van der Waals surface area contributed by atoms with Gasteiger partial charge in [-0.15, -0.1) is 0 Å². The van der Waals surface area contributed by atoms with Gasteiger partial charge in [-0.1, -0.05) is 13.8 Å². The van der Waals surface area contributed by atoms with E-state index in [-0.39, 0.29) is 23.2 Å². The first kappa shape index (κ1) is 12.4. The second-order valence-electron chi connectivity index (χ2n) is 4.66. The van der Waals surface area contributed by atoms with Gasteiger partial charge in [-0.3, -0.25) is 10.1 Å². The van der Waals surface area contributed by atoms with Gasteiger partial charge in [0.15, 0.2) is 0 Å². The molecule has 5 heteroatoms. The molecule has 0 aromatic carbocycles. The van der Waals surface area contributed by atoms with Crippen molar-refractivity contribution in [2.24, 2.45) is 17.3 Å². The summed E-state index contributed by atoms with van der Waals surface area (Å²) in [5.41, 5.74) is -0.308. The molecule has 0 radical (unpaired) electrons. The molecule has 1 rings (SSSR count). The van der Waals surface area contributed by atoms with Crippen LogP contribution in [-0.4, -0.2) is 35.7 Å². The highest BCUT2D eigenvalue weighted by atomic mass is 17.1. The molecule has 0 amide bonds. The van der Waals surface area contributed by atoms with E-state index >= 15 is 0 Å². The Morgan fingerprint density at radius 1 is 1.47 bits per heavy atom. The molecule has 0 spiro atoms. The van der Waals surface area contributed by atoms with E-state index in [9.17, 15) is 9.90 Å². The largest absolute Gasteiger partial charge is 0.469 e. The first-order valence-electron chi connectivity index (χ1n) is 4.94. The summed E-state index contributed by atoms with van der Waals surface area (Å²) in [7, 11) is 1.32. The van der Waals surface area contributed by atoms with Crippen molar-refractivity contribution in [2.75, 3.05) is 7.11 Å². The van der Waals surface area contributed by atoms with Crippen molar-refractivity contribution in [3.63, 3.8) is 0 Å². The van der Waals surface area contributed by atoms with E-state index in [0.717, 1.165) is 0 Å². The standard InChI is InChI=1S/C10H18O5/c1-5(11)8(15-13)6-7(9(12)14-4)10(6,2)3/h5-8,11,13H,1-4H3. The molecule has 1 saturated carbocycles. The fourth-order valence-corrected chi connectivity index (χ4v) is 2.32. The predicted molar refractivity (Wildman–Crippen MR) is 52.0 cm³/mol. The van der Waals surface area contributed by atoms with E-state index in [1.54, 1.807) is 0 Å². The predicted octanol–water partition coefficient (Wildman–Crippen LogP) is 0.671. The first-order chi connectivity index (χ1) is 6.87. The van der Waals surface area contributed by atoms with E-state index in [0.29, 0.717) is 0 Å². The molecule has 0 aliphatic heterocycles. The Hall–Kier alpha value is -0.650. The highest BCUT2D eigenvalue weighted by Crippen LogP contribution is 2.61. The normalized spacial score (nSPS) is 31.9. The van der Waals surface area contributed by atoms with Crippen LogP contribution in [0, 0.1) is 17.3 Å². The second-order valence-corrected chi connectivity index (χ2v) is 4.66. The monoisotopic (exact) mass is 218 g/mol. The van der Waals surface area contributed by atoms with Gasteiger partial charge in [0, 0.05) is 5.92 Å². The van der Waals surface area contributed by atoms with E-state index in [1.807, 2.05) is 13.8 Å². The Kier molecular flexibility index (Phi) is 3.38. The van der Waals surface area contributed by atoms with Crippen molar-refractivity contribution in [1.82, 2.24) is 0 Å². The summed E-state index contributed by atoms with van der Waals surface area (Å²) in [5.74, 6) is -0.864. The maximum absolute atomic E-state index is 11.4. The molecule has 0 heterocycles. The summed E-state index contributed by atoms with van der Waals surface area (Å²) >= 11 is 0. The molecule has 1 aliphatic carbocycles. The summed E-state index contributed by atoms with van der Waals surface area (Å²) in [6.07, 6.45) is -1.57. The van der Waals surface area contributed by atoms with Crippen LogP contribution in [-0.2, 0) is 14.4 Å². The molecule has 0 saturated heterocycles. The van der Waals surface area contributed by atoms with Gasteiger partial charge in [0.05, 0.1) is 19.1 Å². The molecule has 15 heavy (non-hydrogen) atoms. The van der Waals surface area contributed by atoms with E-state index < -0.39 is 12.2 Å². The third kappa shape index (κ3) is 2.00. The number of methoxy groups -OCH3 is 1. The Balaban J connectivity index is 2.76. The number of aliphatic hydroxyl groups is 1. The van der Waals surface area contributed by atoms with E-state index in [4.69, 9.17) is 5.26 Å². The molecule has 5 nitrogen and oxygen atoms in total. The first-order valence-corrected chi connectivity index (χ1v) is 4.94. The van der Waals surface area contributed by atoms with Crippen molar-refractivity contribution < 1.29 is 24.8 Å². The third-order valence-electron chi connectivity index (χ3n) is 3.32. The van der Waals surface area contributed by atoms with Crippen LogP contribution in [0.25, 0.3) is 0 Å². The van der Waals surface area contributed by atoms with Gasteiger partial charge in [-0.2, -0.15) is 0 Å². The molecule has 0 aromatic rings. The topological polar surface area (TPSA) is 76.0 Å². The maximum Gasteiger partial charge on any atom is 0.309 e. The molecule has 2 N–H and O–H groups in total. The number of aliphatic hydroxyl groups excluding tert-OH is 1. The van der Waals surface area contributed by atoms with E-state index in [2.05, 4.69) is 9.62 Å². The Labute approximate surface area is 88.9 Å². The van der Waals surface area contributed by atoms with Crippen molar-refractivity contribution in [3.8, 4) is 0 Å². The average Bonchev–Trinajstić information content (AvgIpc) is 2.69. The molecule has 1 fully saturated rings. The Morgan fingerprint density at radius 3 is 2.33 bits per heavy atom. The zero-order valence-corrected chi connectivity index (χ0v) is 9.43. The molecular formula is C10H18O5. The quantitative estimate of drug-likeness (QED) is 0.412. The lowest BCUT2D eigenvalue weighted by molar-refractivity contribution is -0.302. The second kappa shape index (κ2) is 4.08. The summed E-state index contributed by atoms with van der Waals surface area (Å²) < 4.78 is 4.66. The third-order valence-corrected chi connectivity index (χ3v) is 3.32. The van der Waals surface area contributed by atoms with E-state index in [1.165, 1.54) is 14.0 Å². The molecular weight excluding hydrogens is 200 g/mol. The van der Waals surface area contributed by atoms with Crippen LogP contribution in [0.1, 0.15) is 20.8 Å². The number of rotatable bonds is 4. The summed E-state index contributed by atoms with van der Waals surface area (Å²) in [4.78, 5) is 15.6. The van der Waals surface area contributed by atoms with Gasteiger partial charge in [0.2, 0.25) is 0 Å². The zero-order chi connectivity index (χ0) is 11.8. The summed E-state index contributed by atoms with van der Waals surface area (Å²) in [6.45, 7) is 5.28. The van der Waals surface area contributed by atoms with Crippen LogP contribution in [0.3, 0.4) is 0 Å². The van der Waals surface area contributed by atoms with Crippen LogP contribution < -0.4 is 0 Å². The fourth-order valence-electron chi connectivity index (χ4n) is 2.32. The minimum atomic E-state index is -0.825. The molecule has 0 bridgehead atoms. The van der Waals surface area contributed by atoms with Gasteiger partial charge in [0.25, 0.3) is 0 Å². The number of ether oxygens (including phenoxy) is 1.